The molecule has 6 heteroatoms. The third-order valence-electron chi connectivity index (χ3n) is 2.54. The zero-order valence-electron chi connectivity index (χ0n) is 10.9. The molecule has 0 saturated carbocycles. The number of aromatic nitrogens is 3. The maximum absolute atomic E-state index is 12.2. The topological polar surface area (TPSA) is 71.0 Å². The van der Waals surface area contributed by atoms with E-state index >= 15 is 0 Å². The molecule has 0 radical (unpaired) electrons. The van der Waals surface area contributed by atoms with Crippen LogP contribution >= 0.6 is 0 Å². The molecule has 0 aliphatic carbocycles. The predicted octanol–water partition coefficient (Wildman–Crippen LogP) is 1.58. The van der Waals surface area contributed by atoms with Gasteiger partial charge in [-0.05, 0) is 31.2 Å². The molecule has 19 heavy (non-hydrogen) atoms. The first kappa shape index (κ1) is 12.9. The lowest BCUT2D eigenvalue weighted by Crippen LogP contribution is -2.28. The maximum atomic E-state index is 12.2. The van der Waals surface area contributed by atoms with Gasteiger partial charge in [-0.2, -0.15) is 0 Å². The fourth-order valence-corrected chi connectivity index (χ4v) is 1.55. The molecule has 2 aromatic rings. The predicted molar refractivity (Wildman–Crippen MR) is 73.2 cm³/mol. The van der Waals surface area contributed by atoms with Gasteiger partial charge in [0.2, 0.25) is 0 Å². The number of nitrogens with zero attached hydrogens (tertiary/aromatic N) is 4. The molecular formula is C13H15N5O. The molecule has 1 N–H and O–H groups in total. The summed E-state index contributed by atoms with van der Waals surface area (Å²) in [4.78, 5) is 17.7. The largest absolute Gasteiger partial charge is 0.369 e. The monoisotopic (exact) mass is 257 g/mol. The highest BCUT2D eigenvalue weighted by Gasteiger charge is 2.15. The number of nitrogens with one attached hydrogen (secondary N) is 1. The number of carbonyl (C=O) groups is 1. The van der Waals surface area contributed by atoms with Crippen molar-refractivity contribution in [3.05, 3.63) is 42.2 Å². The molecule has 0 aromatic carbocycles. The Bertz CT molecular complexity index is 541. The molecule has 0 saturated heterocycles. The molecule has 98 valence electrons. The lowest BCUT2D eigenvalue weighted by molar-refractivity contribution is 0.0986. The summed E-state index contributed by atoms with van der Waals surface area (Å²) in [5, 5.41) is 10.9. The molecule has 0 fully saturated rings. The zero-order valence-corrected chi connectivity index (χ0v) is 10.9. The molecule has 2 heterocycles. The van der Waals surface area contributed by atoms with Crippen molar-refractivity contribution in [2.45, 2.75) is 6.92 Å². The summed E-state index contributed by atoms with van der Waals surface area (Å²) >= 11 is 0. The number of anilines is 2. The maximum Gasteiger partial charge on any atom is 0.279 e. The number of pyridine rings is 1. The Balaban J connectivity index is 2.15. The number of hydrogen-bond acceptors (Lipinski definition) is 5. The molecule has 0 aliphatic heterocycles. The number of amides is 1. The molecule has 0 spiro atoms. The van der Waals surface area contributed by atoms with E-state index < -0.39 is 0 Å². The van der Waals surface area contributed by atoms with Gasteiger partial charge in [-0.15, -0.1) is 10.2 Å². The van der Waals surface area contributed by atoms with Gasteiger partial charge in [0.25, 0.3) is 5.91 Å². The highest BCUT2D eigenvalue weighted by Crippen LogP contribution is 2.11. The van der Waals surface area contributed by atoms with Crippen LogP contribution in [0, 0.1) is 0 Å². The molecule has 0 bridgehead atoms. The van der Waals surface area contributed by atoms with Crippen molar-refractivity contribution in [2.75, 3.05) is 23.8 Å². The van der Waals surface area contributed by atoms with Crippen molar-refractivity contribution in [1.82, 2.24) is 15.2 Å². The Morgan fingerprint density at radius 1 is 1.26 bits per heavy atom. The van der Waals surface area contributed by atoms with E-state index in [9.17, 15) is 4.79 Å². The van der Waals surface area contributed by atoms with E-state index in [-0.39, 0.29) is 11.6 Å². The molecule has 6 nitrogen and oxygen atoms in total. The van der Waals surface area contributed by atoms with Crippen molar-refractivity contribution < 1.29 is 4.79 Å². The van der Waals surface area contributed by atoms with Gasteiger partial charge < -0.3 is 5.32 Å². The summed E-state index contributed by atoms with van der Waals surface area (Å²) in [6.45, 7) is 2.73. The van der Waals surface area contributed by atoms with Crippen LogP contribution in [0.2, 0.25) is 0 Å². The third-order valence-corrected chi connectivity index (χ3v) is 2.54. The van der Waals surface area contributed by atoms with Gasteiger partial charge in [-0.25, -0.2) is 4.98 Å². The minimum absolute atomic E-state index is 0.241. The van der Waals surface area contributed by atoms with E-state index in [1.807, 2.05) is 13.0 Å². The molecule has 2 aromatic heterocycles. The van der Waals surface area contributed by atoms with E-state index in [2.05, 4.69) is 20.5 Å². The number of hydrogen-bond donors (Lipinski definition) is 1. The Morgan fingerprint density at radius 2 is 2.11 bits per heavy atom. The van der Waals surface area contributed by atoms with E-state index in [4.69, 9.17) is 0 Å². The average molecular weight is 257 g/mol. The van der Waals surface area contributed by atoms with Crippen molar-refractivity contribution in [3.63, 3.8) is 0 Å². The van der Waals surface area contributed by atoms with Crippen LogP contribution in [-0.4, -0.2) is 34.7 Å². The molecule has 0 unspecified atom stereocenters. The lowest BCUT2D eigenvalue weighted by atomic mass is 10.3. The van der Waals surface area contributed by atoms with Crippen LogP contribution in [0.4, 0.5) is 11.6 Å². The van der Waals surface area contributed by atoms with E-state index in [1.165, 1.54) is 4.90 Å². The molecule has 0 aliphatic rings. The first-order valence-electron chi connectivity index (χ1n) is 5.99. The summed E-state index contributed by atoms with van der Waals surface area (Å²) in [5.74, 6) is 0.985. The zero-order chi connectivity index (χ0) is 13.7. The third kappa shape index (κ3) is 3.04. The number of rotatable bonds is 4. The Morgan fingerprint density at radius 3 is 2.68 bits per heavy atom. The van der Waals surface area contributed by atoms with Gasteiger partial charge in [0.1, 0.15) is 11.6 Å². The quantitative estimate of drug-likeness (QED) is 0.900. The molecule has 2 rings (SSSR count). The smallest absolute Gasteiger partial charge is 0.279 e. The van der Waals surface area contributed by atoms with Crippen LogP contribution in [0.1, 0.15) is 17.4 Å². The summed E-state index contributed by atoms with van der Waals surface area (Å²) in [5.41, 5.74) is 0.287. The summed E-state index contributed by atoms with van der Waals surface area (Å²) < 4.78 is 0. The highest BCUT2D eigenvalue weighted by molar-refractivity contribution is 6.03. The van der Waals surface area contributed by atoms with Crippen molar-refractivity contribution in [2.24, 2.45) is 0 Å². The molecular weight excluding hydrogens is 242 g/mol. The van der Waals surface area contributed by atoms with Gasteiger partial charge in [0.15, 0.2) is 5.69 Å². The summed E-state index contributed by atoms with van der Waals surface area (Å²) in [6, 6.07) is 8.76. The standard InChI is InChI=1S/C13H15N5O/c1-3-14-11-8-7-10(16-17-11)13(19)18(2)12-6-4-5-9-15-12/h4-9H,3H2,1-2H3,(H,14,17). The Labute approximate surface area is 111 Å². The minimum Gasteiger partial charge on any atom is -0.369 e. The van der Waals surface area contributed by atoms with Crippen molar-refractivity contribution in [3.8, 4) is 0 Å². The first-order valence-corrected chi connectivity index (χ1v) is 5.99. The van der Waals surface area contributed by atoms with Gasteiger partial charge in [0, 0.05) is 19.8 Å². The minimum atomic E-state index is -0.241. The second kappa shape index (κ2) is 5.90. The second-order valence-electron chi connectivity index (χ2n) is 3.89. The van der Waals surface area contributed by atoms with Gasteiger partial charge in [-0.3, -0.25) is 9.69 Å². The summed E-state index contributed by atoms with van der Waals surface area (Å²) in [7, 11) is 1.66. The SMILES string of the molecule is CCNc1ccc(C(=O)N(C)c2ccccn2)nn1. The summed E-state index contributed by atoms with van der Waals surface area (Å²) in [6.07, 6.45) is 1.64. The fourth-order valence-electron chi connectivity index (χ4n) is 1.55. The van der Waals surface area contributed by atoms with Crippen molar-refractivity contribution >= 4 is 17.5 Å². The van der Waals surface area contributed by atoms with Crippen LogP contribution < -0.4 is 10.2 Å². The number of carbonyl (C=O) groups excluding carboxylic acids is 1. The molecule has 0 atom stereocenters. The van der Waals surface area contributed by atoms with E-state index in [1.54, 1.807) is 37.5 Å². The van der Waals surface area contributed by atoms with E-state index in [0.717, 1.165) is 6.54 Å². The van der Waals surface area contributed by atoms with Crippen LogP contribution in [0.25, 0.3) is 0 Å². The van der Waals surface area contributed by atoms with Crippen molar-refractivity contribution in [1.29, 1.82) is 0 Å². The van der Waals surface area contributed by atoms with E-state index in [0.29, 0.717) is 11.6 Å². The normalized spacial score (nSPS) is 10.0. The molecule has 1 amide bonds. The Kier molecular flexibility index (Phi) is 4.02. The highest BCUT2D eigenvalue weighted by atomic mass is 16.2. The van der Waals surface area contributed by atoms with Crippen LogP contribution in [0.15, 0.2) is 36.5 Å². The van der Waals surface area contributed by atoms with Gasteiger partial charge in [-0.1, -0.05) is 6.07 Å². The average Bonchev–Trinajstić information content (AvgIpc) is 2.48. The second-order valence-corrected chi connectivity index (χ2v) is 3.89. The van der Waals surface area contributed by atoms with Gasteiger partial charge in [0.05, 0.1) is 0 Å². The van der Waals surface area contributed by atoms with Crippen LogP contribution in [-0.2, 0) is 0 Å². The lowest BCUT2D eigenvalue weighted by Gasteiger charge is -2.15. The van der Waals surface area contributed by atoms with Crippen LogP contribution in [0.5, 0.6) is 0 Å². The Hall–Kier alpha value is -2.50. The first-order chi connectivity index (χ1) is 9.22. The fraction of sp³-hybridized carbons (Fsp3) is 0.231. The van der Waals surface area contributed by atoms with Crippen LogP contribution in [0.3, 0.4) is 0 Å². The van der Waals surface area contributed by atoms with Gasteiger partial charge >= 0.3 is 0 Å².